The number of anilines is 1. The molecule has 0 bridgehead atoms. The zero-order chi connectivity index (χ0) is 10.4. The van der Waals surface area contributed by atoms with Gasteiger partial charge in [-0.25, -0.2) is 0 Å². The van der Waals surface area contributed by atoms with Crippen molar-refractivity contribution in [2.45, 2.75) is 26.7 Å². The van der Waals surface area contributed by atoms with E-state index in [-0.39, 0.29) is 0 Å². The predicted molar refractivity (Wildman–Crippen MR) is 62.3 cm³/mol. The standard InChI is InChI=1S/C9H16ClN3S/c1-3-8(4-5-10)6-11-9-13-12-7(2)14-9/h8H,3-6H2,1-2H3,(H,11,13). The fraction of sp³-hybridized carbons (Fsp3) is 0.778. The lowest BCUT2D eigenvalue weighted by molar-refractivity contribution is 0.521. The molecular formula is C9H16ClN3S. The van der Waals surface area contributed by atoms with Crippen molar-refractivity contribution in [2.75, 3.05) is 17.7 Å². The van der Waals surface area contributed by atoms with Gasteiger partial charge in [0.05, 0.1) is 0 Å². The molecule has 1 aromatic rings. The number of aryl methyl sites for hydroxylation is 1. The Labute approximate surface area is 93.9 Å². The Balaban J connectivity index is 2.31. The van der Waals surface area contributed by atoms with Gasteiger partial charge in [-0.1, -0.05) is 24.7 Å². The fourth-order valence-electron chi connectivity index (χ4n) is 1.20. The van der Waals surface area contributed by atoms with E-state index in [1.54, 1.807) is 11.3 Å². The molecule has 80 valence electrons. The molecule has 0 amide bonds. The van der Waals surface area contributed by atoms with Gasteiger partial charge in [0, 0.05) is 12.4 Å². The van der Waals surface area contributed by atoms with E-state index in [4.69, 9.17) is 11.6 Å². The van der Waals surface area contributed by atoms with E-state index in [9.17, 15) is 0 Å². The molecule has 1 rings (SSSR count). The second kappa shape index (κ2) is 6.19. The van der Waals surface area contributed by atoms with E-state index in [2.05, 4.69) is 22.4 Å². The first-order valence-corrected chi connectivity index (χ1v) is 6.21. The molecular weight excluding hydrogens is 218 g/mol. The Morgan fingerprint density at radius 1 is 1.50 bits per heavy atom. The summed E-state index contributed by atoms with van der Waals surface area (Å²) in [5, 5.41) is 13.2. The van der Waals surface area contributed by atoms with Crippen molar-refractivity contribution in [3.63, 3.8) is 0 Å². The van der Waals surface area contributed by atoms with Gasteiger partial charge >= 0.3 is 0 Å². The lowest BCUT2D eigenvalue weighted by atomic mass is 10.0. The maximum absolute atomic E-state index is 5.71. The molecule has 0 saturated heterocycles. The third-order valence-corrected chi connectivity index (χ3v) is 3.18. The fourth-order valence-corrected chi connectivity index (χ4v) is 2.11. The third-order valence-electron chi connectivity index (χ3n) is 2.16. The zero-order valence-electron chi connectivity index (χ0n) is 8.59. The summed E-state index contributed by atoms with van der Waals surface area (Å²) in [5.41, 5.74) is 0. The highest BCUT2D eigenvalue weighted by molar-refractivity contribution is 7.15. The van der Waals surface area contributed by atoms with Crippen LogP contribution in [0.1, 0.15) is 24.8 Å². The molecule has 3 nitrogen and oxygen atoms in total. The monoisotopic (exact) mass is 233 g/mol. The van der Waals surface area contributed by atoms with Crippen molar-refractivity contribution in [2.24, 2.45) is 5.92 Å². The number of alkyl halides is 1. The largest absolute Gasteiger partial charge is 0.360 e. The van der Waals surface area contributed by atoms with Crippen molar-refractivity contribution in [3.8, 4) is 0 Å². The van der Waals surface area contributed by atoms with E-state index in [0.29, 0.717) is 5.92 Å². The number of halogens is 1. The average molecular weight is 234 g/mol. The normalized spacial score (nSPS) is 12.8. The molecule has 14 heavy (non-hydrogen) atoms. The Morgan fingerprint density at radius 3 is 2.79 bits per heavy atom. The van der Waals surface area contributed by atoms with Crippen molar-refractivity contribution in [1.82, 2.24) is 10.2 Å². The summed E-state index contributed by atoms with van der Waals surface area (Å²) in [6, 6.07) is 0. The van der Waals surface area contributed by atoms with Crippen LogP contribution in [0.4, 0.5) is 5.13 Å². The molecule has 0 aliphatic heterocycles. The summed E-state index contributed by atoms with van der Waals surface area (Å²) in [4.78, 5) is 0. The summed E-state index contributed by atoms with van der Waals surface area (Å²) in [6.45, 7) is 5.08. The Kier molecular flexibility index (Phi) is 5.19. The summed E-state index contributed by atoms with van der Waals surface area (Å²) in [7, 11) is 0. The van der Waals surface area contributed by atoms with Crippen LogP contribution < -0.4 is 5.32 Å². The Bertz CT molecular complexity index is 264. The van der Waals surface area contributed by atoms with Gasteiger partial charge in [0.15, 0.2) is 0 Å². The van der Waals surface area contributed by atoms with Crippen LogP contribution in [-0.4, -0.2) is 22.6 Å². The number of nitrogens with zero attached hydrogens (tertiary/aromatic N) is 2. The highest BCUT2D eigenvalue weighted by Crippen LogP contribution is 2.16. The molecule has 0 radical (unpaired) electrons. The molecule has 1 atom stereocenters. The van der Waals surface area contributed by atoms with Gasteiger partial charge in [0.1, 0.15) is 5.01 Å². The van der Waals surface area contributed by atoms with E-state index in [1.807, 2.05) is 6.92 Å². The predicted octanol–water partition coefficient (Wildman–Crippen LogP) is 2.91. The highest BCUT2D eigenvalue weighted by Gasteiger charge is 2.06. The van der Waals surface area contributed by atoms with E-state index < -0.39 is 0 Å². The van der Waals surface area contributed by atoms with Crippen LogP contribution in [0.5, 0.6) is 0 Å². The minimum Gasteiger partial charge on any atom is -0.360 e. The van der Waals surface area contributed by atoms with Crippen LogP contribution in [0.2, 0.25) is 0 Å². The number of hydrogen-bond acceptors (Lipinski definition) is 4. The SMILES string of the molecule is CCC(CCCl)CNc1nnc(C)s1. The number of nitrogens with one attached hydrogen (secondary N) is 1. The van der Waals surface area contributed by atoms with Gasteiger partial charge < -0.3 is 5.32 Å². The molecule has 0 saturated carbocycles. The van der Waals surface area contributed by atoms with Gasteiger partial charge in [-0.2, -0.15) is 0 Å². The summed E-state index contributed by atoms with van der Waals surface area (Å²) >= 11 is 7.30. The second-order valence-electron chi connectivity index (χ2n) is 3.26. The molecule has 0 aliphatic carbocycles. The van der Waals surface area contributed by atoms with E-state index in [1.165, 1.54) is 0 Å². The average Bonchev–Trinajstić information content (AvgIpc) is 2.59. The maximum atomic E-state index is 5.71. The Morgan fingerprint density at radius 2 is 2.29 bits per heavy atom. The molecule has 0 aromatic carbocycles. The molecule has 0 aliphatic rings. The smallest absolute Gasteiger partial charge is 0.205 e. The molecule has 1 N–H and O–H groups in total. The van der Waals surface area contributed by atoms with Crippen LogP contribution in [0.3, 0.4) is 0 Å². The summed E-state index contributed by atoms with van der Waals surface area (Å²) < 4.78 is 0. The van der Waals surface area contributed by atoms with Crippen molar-refractivity contribution in [1.29, 1.82) is 0 Å². The molecule has 1 heterocycles. The van der Waals surface area contributed by atoms with Crippen molar-refractivity contribution in [3.05, 3.63) is 5.01 Å². The van der Waals surface area contributed by atoms with Crippen LogP contribution in [0.25, 0.3) is 0 Å². The van der Waals surface area contributed by atoms with Gasteiger partial charge in [-0.05, 0) is 19.3 Å². The Hall–Kier alpha value is -0.350. The minimum absolute atomic E-state index is 0.636. The van der Waals surface area contributed by atoms with E-state index in [0.717, 1.165) is 35.4 Å². The van der Waals surface area contributed by atoms with Crippen LogP contribution in [-0.2, 0) is 0 Å². The van der Waals surface area contributed by atoms with Crippen LogP contribution in [0, 0.1) is 12.8 Å². The summed E-state index contributed by atoms with van der Waals surface area (Å²) in [6.07, 6.45) is 2.21. The maximum Gasteiger partial charge on any atom is 0.205 e. The lowest BCUT2D eigenvalue weighted by Crippen LogP contribution is -2.14. The van der Waals surface area contributed by atoms with Gasteiger partial charge in [0.2, 0.25) is 5.13 Å². The molecule has 1 aromatic heterocycles. The first-order chi connectivity index (χ1) is 6.76. The number of hydrogen-bond donors (Lipinski definition) is 1. The quantitative estimate of drug-likeness (QED) is 0.768. The van der Waals surface area contributed by atoms with Crippen LogP contribution in [0.15, 0.2) is 0 Å². The van der Waals surface area contributed by atoms with Gasteiger partial charge in [-0.15, -0.1) is 21.8 Å². The first-order valence-electron chi connectivity index (χ1n) is 4.86. The zero-order valence-corrected chi connectivity index (χ0v) is 10.2. The molecule has 5 heteroatoms. The van der Waals surface area contributed by atoms with Crippen molar-refractivity contribution >= 4 is 28.1 Å². The summed E-state index contributed by atoms with van der Waals surface area (Å²) in [5.74, 6) is 1.37. The van der Waals surface area contributed by atoms with Crippen molar-refractivity contribution < 1.29 is 0 Å². The minimum atomic E-state index is 0.636. The second-order valence-corrected chi connectivity index (χ2v) is 4.82. The topological polar surface area (TPSA) is 37.8 Å². The van der Waals surface area contributed by atoms with E-state index >= 15 is 0 Å². The molecule has 0 spiro atoms. The molecule has 0 fully saturated rings. The number of aromatic nitrogens is 2. The highest BCUT2D eigenvalue weighted by atomic mass is 35.5. The number of rotatable bonds is 6. The lowest BCUT2D eigenvalue weighted by Gasteiger charge is -2.12. The van der Waals surface area contributed by atoms with Crippen LogP contribution >= 0.6 is 22.9 Å². The first kappa shape index (κ1) is 11.7. The van der Waals surface area contributed by atoms with Gasteiger partial charge in [0.25, 0.3) is 0 Å². The molecule has 1 unspecified atom stereocenters. The van der Waals surface area contributed by atoms with Gasteiger partial charge in [-0.3, -0.25) is 0 Å². The third kappa shape index (κ3) is 3.80.